The number of carbonyl (C=O) groups excluding carboxylic acids is 1. The summed E-state index contributed by atoms with van der Waals surface area (Å²) in [5, 5.41) is 22.2. The molecular formula is C22H15ClN6O4S. The zero-order valence-electron chi connectivity index (χ0n) is 17.2. The third kappa shape index (κ3) is 5.34. The van der Waals surface area contributed by atoms with Crippen LogP contribution < -0.4 is 16.2 Å². The van der Waals surface area contributed by atoms with E-state index in [1.165, 1.54) is 24.3 Å². The molecule has 4 aromatic rings. The maximum Gasteiger partial charge on any atom is 0.269 e. The predicted octanol–water partition coefficient (Wildman–Crippen LogP) is 4.60. The van der Waals surface area contributed by atoms with E-state index in [2.05, 4.69) is 26.4 Å². The molecule has 0 saturated carbocycles. The van der Waals surface area contributed by atoms with Gasteiger partial charge >= 0.3 is 0 Å². The number of rotatable bonds is 5. The van der Waals surface area contributed by atoms with Gasteiger partial charge in [-0.1, -0.05) is 23.7 Å². The van der Waals surface area contributed by atoms with E-state index in [0.717, 1.165) is 0 Å². The van der Waals surface area contributed by atoms with Gasteiger partial charge < -0.3 is 9.73 Å². The van der Waals surface area contributed by atoms with Crippen molar-refractivity contribution in [1.29, 1.82) is 0 Å². The van der Waals surface area contributed by atoms with E-state index in [1.54, 1.807) is 42.5 Å². The molecule has 0 unspecified atom stereocenters. The van der Waals surface area contributed by atoms with Crippen molar-refractivity contribution in [2.45, 2.75) is 0 Å². The third-order valence-corrected chi connectivity index (χ3v) is 5.08. The van der Waals surface area contributed by atoms with Gasteiger partial charge in [0.15, 0.2) is 5.11 Å². The number of thiocarbonyl (C=S) groups is 1. The van der Waals surface area contributed by atoms with E-state index >= 15 is 0 Å². The molecule has 1 heterocycles. The molecule has 1 amide bonds. The van der Waals surface area contributed by atoms with Crippen molar-refractivity contribution in [3.8, 4) is 22.9 Å². The lowest BCUT2D eigenvalue weighted by Crippen LogP contribution is -2.43. The van der Waals surface area contributed by atoms with Crippen molar-refractivity contribution in [2.24, 2.45) is 0 Å². The number of halogens is 1. The topological polar surface area (TPSA) is 135 Å². The fourth-order valence-electron chi connectivity index (χ4n) is 2.86. The van der Waals surface area contributed by atoms with Gasteiger partial charge in [-0.3, -0.25) is 25.8 Å². The average molecular weight is 495 g/mol. The molecule has 0 radical (unpaired) electrons. The molecule has 0 saturated heterocycles. The van der Waals surface area contributed by atoms with Crippen LogP contribution in [-0.2, 0) is 0 Å². The van der Waals surface area contributed by atoms with Gasteiger partial charge in [0.2, 0.25) is 11.8 Å². The Labute approximate surface area is 203 Å². The molecular weight excluding hydrogens is 480 g/mol. The van der Waals surface area contributed by atoms with E-state index < -0.39 is 10.8 Å². The first-order valence-corrected chi connectivity index (χ1v) is 10.5. The molecule has 0 fully saturated rings. The summed E-state index contributed by atoms with van der Waals surface area (Å²) < 4.78 is 5.71. The van der Waals surface area contributed by atoms with Crippen LogP contribution in [0, 0.1) is 10.1 Å². The number of anilines is 1. The second-order valence-corrected chi connectivity index (χ2v) is 7.62. The summed E-state index contributed by atoms with van der Waals surface area (Å²) in [4.78, 5) is 22.6. The molecule has 34 heavy (non-hydrogen) atoms. The Kier molecular flexibility index (Phi) is 6.76. The Morgan fingerprint density at radius 1 is 0.941 bits per heavy atom. The van der Waals surface area contributed by atoms with E-state index in [4.69, 9.17) is 28.2 Å². The first kappa shape index (κ1) is 22.8. The molecule has 0 bridgehead atoms. The van der Waals surface area contributed by atoms with Gasteiger partial charge in [-0.25, -0.2) is 0 Å². The number of non-ortho nitro benzene ring substituents is 1. The maximum absolute atomic E-state index is 12.4. The summed E-state index contributed by atoms with van der Waals surface area (Å²) in [6, 6.07) is 19.4. The highest BCUT2D eigenvalue weighted by atomic mass is 35.5. The number of nitrogens with one attached hydrogen (secondary N) is 3. The van der Waals surface area contributed by atoms with Crippen LogP contribution in [-0.4, -0.2) is 26.1 Å². The van der Waals surface area contributed by atoms with Crippen molar-refractivity contribution in [3.63, 3.8) is 0 Å². The average Bonchev–Trinajstić information content (AvgIpc) is 3.33. The number of aromatic nitrogens is 2. The van der Waals surface area contributed by atoms with Crippen LogP contribution in [0.3, 0.4) is 0 Å². The standard InChI is InChI=1S/C22H15ClN6O4S/c23-18-4-2-1-3-17(18)21-27-26-20(33-21)14-7-5-13(6-8-14)19(30)25-28-22(34)24-15-9-11-16(12-10-15)29(31)32/h1-12H,(H,25,30)(H2,24,28,34). The molecule has 0 aliphatic carbocycles. The minimum Gasteiger partial charge on any atom is -0.416 e. The molecule has 0 atom stereocenters. The van der Waals surface area contributed by atoms with Gasteiger partial charge in [-0.2, -0.15) is 0 Å². The highest BCUT2D eigenvalue weighted by Gasteiger charge is 2.14. The van der Waals surface area contributed by atoms with E-state index in [1.807, 2.05) is 6.07 Å². The van der Waals surface area contributed by atoms with Crippen molar-refractivity contribution < 1.29 is 14.1 Å². The SMILES string of the molecule is O=C(NNC(=S)Nc1ccc([N+](=O)[O-])cc1)c1ccc(-c2nnc(-c3ccccc3Cl)o2)cc1. The van der Waals surface area contributed by atoms with E-state index in [0.29, 0.717) is 33.3 Å². The van der Waals surface area contributed by atoms with Crippen LogP contribution in [0.4, 0.5) is 11.4 Å². The Balaban J connectivity index is 1.34. The molecule has 170 valence electrons. The summed E-state index contributed by atoms with van der Waals surface area (Å²) in [6.07, 6.45) is 0. The van der Waals surface area contributed by atoms with Crippen LogP contribution in [0.15, 0.2) is 77.2 Å². The number of amides is 1. The second kappa shape index (κ2) is 10.1. The first-order valence-electron chi connectivity index (χ1n) is 9.71. The van der Waals surface area contributed by atoms with Gasteiger partial charge in [-0.15, -0.1) is 10.2 Å². The lowest BCUT2D eigenvalue weighted by Gasteiger charge is -2.11. The Hall–Kier alpha value is -4.35. The van der Waals surface area contributed by atoms with Crippen LogP contribution in [0.25, 0.3) is 22.9 Å². The van der Waals surface area contributed by atoms with Gasteiger partial charge in [0, 0.05) is 28.9 Å². The number of nitro benzene ring substituents is 1. The third-order valence-electron chi connectivity index (χ3n) is 4.55. The zero-order valence-corrected chi connectivity index (χ0v) is 18.8. The summed E-state index contributed by atoms with van der Waals surface area (Å²) in [6.45, 7) is 0. The Morgan fingerprint density at radius 2 is 1.62 bits per heavy atom. The fourth-order valence-corrected chi connectivity index (χ4v) is 3.25. The summed E-state index contributed by atoms with van der Waals surface area (Å²) >= 11 is 11.3. The maximum atomic E-state index is 12.4. The second-order valence-electron chi connectivity index (χ2n) is 6.81. The largest absolute Gasteiger partial charge is 0.416 e. The molecule has 0 spiro atoms. The highest BCUT2D eigenvalue weighted by Crippen LogP contribution is 2.29. The monoisotopic (exact) mass is 494 g/mol. The smallest absolute Gasteiger partial charge is 0.269 e. The van der Waals surface area contributed by atoms with E-state index in [9.17, 15) is 14.9 Å². The van der Waals surface area contributed by atoms with Crippen molar-refractivity contribution in [3.05, 3.63) is 93.5 Å². The predicted molar refractivity (Wildman–Crippen MR) is 130 cm³/mol. The van der Waals surface area contributed by atoms with Crippen LogP contribution in [0.2, 0.25) is 5.02 Å². The summed E-state index contributed by atoms with van der Waals surface area (Å²) in [5.41, 5.74) is 7.15. The minimum absolute atomic E-state index is 0.0400. The van der Waals surface area contributed by atoms with E-state index in [-0.39, 0.29) is 16.7 Å². The molecule has 0 aliphatic heterocycles. The fraction of sp³-hybridized carbons (Fsp3) is 0. The van der Waals surface area contributed by atoms with Crippen LogP contribution >= 0.6 is 23.8 Å². The van der Waals surface area contributed by atoms with Gasteiger partial charge in [-0.05, 0) is 60.7 Å². The van der Waals surface area contributed by atoms with Crippen molar-refractivity contribution >= 4 is 46.2 Å². The number of benzene rings is 3. The molecule has 10 nitrogen and oxygen atoms in total. The van der Waals surface area contributed by atoms with Crippen LogP contribution in [0.1, 0.15) is 10.4 Å². The van der Waals surface area contributed by atoms with Crippen molar-refractivity contribution in [1.82, 2.24) is 21.0 Å². The minimum atomic E-state index is -0.498. The van der Waals surface area contributed by atoms with Gasteiger partial charge in [0.25, 0.3) is 11.6 Å². The highest BCUT2D eigenvalue weighted by molar-refractivity contribution is 7.80. The van der Waals surface area contributed by atoms with Gasteiger partial charge in [0.1, 0.15) is 0 Å². The van der Waals surface area contributed by atoms with Crippen molar-refractivity contribution in [2.75, 3.05) is 5.32 Å². The molecule has 3 aromatic carbocycles. The Bertz CT molecular complexity index is 1360. The normalized spacial score (nSPS) is 10.4. The van der Waals surface area contributed by atoms with Crippen LogP contribution in [0.5, 0.6) is 0 Å². The molecule has 3 N–H and O–H groups in total. The Morgan fingerprint density at radius 3 is 2.29 bits per heavy atom. The number of hydrazine groups is 1. The lowest BCUT2D eigenvalue weighted by atomic mass is 10.1. The summed E-state index contributed by atoms with van der Waals surface area (Å²) in [5.74, 6) is 0.149. The number of hydrogen-bond donors (Lipinski definition) is 3. The molecule has 4 rings (SSSR count). The number of nitrogens with zero attached hydrogens (tertiary/aromatic N) is 3. The number of hydrogen-bond acceptors (Lipinski definition) is 7. The molecule has 1 aromatic heterocycles. The summed E-state index contributed by atoms with van der Waals surface area (Å²) in [7, 11) is 0. The first-order chi connectivity index (χ1) is 16.4. The number of carbonyl (C=O) groups is 1. The quantitative estimate of drug-likeness (QED) is 0.206. The lowest BCUT2D eigenvalue weighted by molar-refractivity contribution is -0.384. The zero-order chi connectivity index (χ0) is 24.1. The molecule has 0 aliphatic rings. The van der Waals surface area contributed by atoms with Gasteiger partial charge in [0.05, 0.1) is 15.5 Å². The molecule has 12 heteroatoms. The number of nitro groups is 1.